The average Bonchev–Trinajstić information content (AvgIpc) is 3.06. The van der Waals surface area contributed by atoms with Crippen molar-refractivity contribution in [1.29, 1.82) is 0 Å². The van der Waals surface area contributed by atoms with E-state index in [9.17, 15) is 4.79 Å². The lowest BCUT2D eigenvalue weighted by atomic mass is 10.2. The average molecular weight is 380 g/mol. The van der Waals surface area contributed by atoms with Gasteiger partial charge in [-0.05, 0) is 32.9 Å². The molecule has 0 radical (unpaired) electrons. The molecular formula is C18H28N4O5. The zero-order valence-corrected chi connectivity index (χ0v) is 16.3. The van der Waals surface area contributed by atoms with Gasteiger partial charge in [-0.15, -0.1) is 0 Å². The third-order valence-electron chi connectivity index (χ3n) is 3.32. The molecule has 1 aromatic carbocycles. The van der Waals surface area contributed by atoms with Gasteiger partial charge in [-0.3, -0.25) is 4.99 Å². The lowest BCUT2D eigenvalue weighted by Crippen LogP contribution is -2.43. The number of alkyl carbamates (subject to hydrolysis) is 1. The number of guanidine groups is 1. The summed E-state index contributed by atoms with van der Waals surface area (Å²) in [6.45, 7) is 7.66. The van der Waals surface area contributed by atoms with Crippen LogP contribution in [0.5, 0.6) is 17.2 Å². The van der Waals surface area contributed by atoms with Crippen LogP contribution in [0, 0.1) is 0 Å². The van der Waals surface area contributed by atoms with Gasteiger partial charge in [0.25, 0.3) is 0 Å². The van der Waals surface area contributed by atoms with Crippen molar-refractivity contribution < 1.29 is 23.7 Å². The van der Waals surface area contributed by atoms with Gasteiger partial charge >= 0.3 is 6.09 Å². The fourth-order valence-electron chi connectivity index (χ4n) is 2.19. The first-order valence-corrected chi connectivity index (χ1v) is 8.81. The second-order valence-corrected chi connectivity index (χ2v) is 6.72. The molecule has 3 N–H and O–H groups in total. The first-order chi connectivity index (χ1) is 12.9. The maximum atomic E-state index is 11.5. The number of hydrogen-bond donors (Lipinski definition) is 3. The molecule has 1 aliphatic rings. The van der Waals surface area contributed by atoms with Crippen LogP contribution in [0.1, 0.15) is 20.8 Å². The molecular weight excluding hydrogens is 352 g/mol. The fraction of sp³-hybridized carbons (Fsp3) is 0.556. The number of ether oxygens (including phenoxy) is 4. The molecule has 1 aliphatic heterocycles. The Morgan fingerprint density at radius 3 is 2.56 bits per heavy atom. The maximum Gasteiger partial charge on any atom is 0.407 e. The number of amides is 1. The van der Waals surface area contributed by atoms with E-state index in [1.165, 1.54) is 0 Å². The van der Waals surface area contributed by atoms with Crippen molar-refractivity contribution in [2.75, 3.05) is 40.1 Å². The summed E-state index contributed by atoms with van der Waals surface area (Å²) >= 11 is 0. The molecule has 0 fully saturated rings. The van der Waals surface area contributed by atoms with Crippen LogP contribution in [0.4, 0.5) is 4.79 Å². The van der Waals surface area contributed by atoms with E-state index < -0.39 is 11.7 Å². The molecule has 1 amide bonds. The molecule has 0 spiro atoms. The van der Waals surface area contributed by atoms with Gasteiger partial charge in [-0.25, -0.2) is 4.79 Å². The van der Waals surface area contributed by atoms with E-state index in [-0.39, 0.29) is 6.79 Å². The SMILES string of the molecule is CN=C(NCCNC(=O)OC(C)(C)C)NCCOc1ccc2c(c1)OCO2. The van der Waals surface area contributed by atoms with Crippen molar-refractivity contribution in [3.8, 4) is 17.2 Å². The van der Waals surface area contributed by atoms with Gasteiger partial charge in [0.05, 0.1) is 6.54 Å². The minimum Gasteiger partial charge on any atom is -0.492 e. The number of benzene rings is 1. The Labute approximate surface area is 159 Å². The Morgan fingerprint density at radius 2 is 1.81 bits per heavy atom. The van der Waals surface area contributed by atoms with Gasteiger partial charge in [0.15, 0.2) is 17.5 Å². The topological polar surface area (TPSA) is 102 Å². The Balaban J connectivity index is 1.58. The highest BCUT2D eigenvalue weighted by molar-refractivity contribution is 5.79. The number of nitrogens with one attached hydrogen (secondary N) is 3. The number of nitrogens with zero attached hydrogens (tertiary/aromatic N) is 1. The Morgan fingerprint density at radius 1 is 1.11 bits per heavy atom. The summed E-state index contributed by atoms with van der Waals surface area (Å²) in [5.41, 5.74) is -0.507. The third-order valence-corrected chi connectivity index (χ3v) is 3.32. The van der Waals surface area contributed by atoms with Crippen LogP contribution < -0.4 is 30.2 Å². The largest absolute Gasteiger partial charge is 0.492 e. The van der Waals surface area contributed by atoms with Crippen molar-refractivity contribution in [2.24, 2.45) is 4.99 Å². The molecule has 150 valence electrons. The molecule has 1 aromatic rings. The first kappa shape index (κ1) is 20.5. The Kier molecular flexibility index (Phi) is 7.39. The summed E-state index contributed by atoms with van der Waals surface area (Å²) < 4.78 is 21.4. The van der Waals surface area contributed by atoms with E-state index in [0.29, 0.717) is 43.7 Å². The maximum absolute atomic E-state index is 11.5. The van der Waals surface area contributed by atoms with Crippen molar-refractivity contribution in [3.63, 3.8) is 0 Å². The van der Waals surface area contributed by atoms with Gasteiger partial charge < -0.3 is 34.9 Å². The molecule has 9 nitrogen and oxygen atoms in total. The summed E-state index contributed by atoms with van der Waals surface area (Å²) in [5, 5.41) is 8.90. The summed E-state index contributed by atoms with van der Waals surface area (Å²) in [7, 11) is 1.68. The molecule has 9 heteroatoms. The van der Waals surface area contributed by atoms with Crippen LogP contribution in [0.25, 0.3) is 0 Å². The summed E-state index contributed by atoms with van der Waals surface area (Å²) in [5.74, 6) is 2.75. The minimum absolute atomic E-state index is 0.241. The lowest BCUT2D eigenvalue weighted by Gasteiger charge is -2.19. The number of fused-ring (bicyclic) bond motifs is 1. The van der Waals surface area contributed by atoms with Crippen molar-refractivity contribution in [2.45, 2.75) is 26.4 Å². The standard InChI is InChI=1S/C18H28N4O5/c1-18(2,3)27-17(23)22-8-7-20-16(19-4)21-9-10-24-13-5-6-14-15(11-13)26-12-25-14/h5-6,11H,7-10,12H2,1-4H3,(H,22,23)(H2,19,20,21). The molecule has 0 aromatic heterocycles. The van der Waals surface area contributed by atoms with E-state index in [4.69, 9.17) is 18.9 Å². The van der Waals surface area contributed by atoms with Gasteiger partial charge in [0.1, 0.15) is 18.0 Å². The molecule has 2 rings (SSSR count). The van der Waals surface area contributed by atoms with Crippen LogP contribution in [0.3, 0.4) is 0 Å². The predicted molar refractivity (Wildman–Crippen MR) is 102 cm³/mol. The van der Waals surface area contributed by atoms with Crippen molar-refractivity contribution >= 4 is 12.1 Å². The molecule has 27 heavy (non-hydrogen) atoms. The van der Waals surface area contributed by atoms with Crippen molar-refractivity contribution in [1.82, 2.24) is 16.0 Å². The minimum atomic E-state index is -0.507. The van der Waals surface area contributed by atoms with E-state index in [0.717, 1.165) is 5.75 Å². The number of carbonyl (C=O) groups is 1. The monoisotopic (exact) mass is 380 g/mol. The molecule has 0 saturated carbocycles. The predicted octanol–water partition coefficient (Wildman–Crippen LogP) is 1.48. The molecule has 0 unspecified atom stereocenters. The molecule has 1 heterocycles. The van der Waals surface area contributed by atoms with E-state index in [1.807, 2.05) is 32.9 Å². The number of carbonyl (C=O) groups excluding carboxylic acids is 1. The van der Waals surface area contributed by atoms with E-state index >= 15 is 0 Å². The Hall–Kier alpha value is -2.84. The van der Waals surface area contributed by atoms with Crippen LogP contribution in [-0.4, -0.2) is 57.7 Å². The Bertz CT molecular complexity index is 658. The zero-order valence-electron chi connectivity index (χ0n) is 16.3. The van der Waals surface area contributed by atoms with Crippen LogP contribution in [0.15, 0.2) is 23.2 Å². The highest BCUT2D eigenvalue weighted by Gasteiger charge is 2.15. The normalized spacial score (nSPS) is 13.1. The highest BCUT2D eigenvalue weighted by atomic mass is 16.7. The highest BCUT2D eigenvalue weighted by Crippen LogP contribution is 2.34. The third kappa shape index (κ3) is 7.51. The fourth-order valence-corrected chi connectivity index (χ4v) is 2.19. The van der Waals surface area contributed by atoms with E-state index in [1.54, 1.807) is 13.1 Å². The molecule has 0 aliphatic carbocycles. The zero-order chi connectivity index (χ0) is 19.7. The van der Waals surface area contributed by atoms with Crippen LogP contribution in [0.2, 0.25) is 0 Å². The van der Waals surface area contributed by atoms with E-state index in [2.05, 4.69) is 20.9 Å². The molecule has 0 saturated heterocycles. The smallest absolute Gasteiger partial charge is 0.407 e. The first-order valence-electron chi connectivity index (χ1n) is 8.81. The van der Waals surface area contributed by atoms with Gasteiger partial charge in [-0.1, -0.05) is 0 Å². The quantitative estimate of drug-likeness (QED) is 0.374. The number of hydrogen-bond acceptors (Lipinski definition) is 6. The molecule has 0 atom stereocenters. The van der Waals surface area contributed by atoms with Gasteiger partial charge in [0, 0.05) is 26.2 Å². The van der Waals surface area contributed by atoms with Crippen LogP contribution >= 0.6 is 0 Å². The van der Waals surface area contributed by atoms with Gasteiger partial charge in [-0.2, -0.15) is 0 Å². The number of rotatable bonds is 7. The second kappa shape index (κ2) is 9.75. The van der Waals surface area contributed by atoms with Gasteiger partial charge in [0.2, 0.25) is 6.79 Å². The summed E-state index contributed by atoms with van der Waals surface area (Å²) in [4.78, 5) is 15.7. The second-order valence-electron chi connectivity index (χ2n) is 6.72. The lowest BCUT2D eigenvalue weighted by molar-refractivity contribution is 0.0529. The van der Waals surface area contributed by atoms with Crippen LogP contribution in [-0.2, 0) is 4.74 Å². The van der Waals surface area contributed by atoms with Crippen molar-refractivity contribution in [3.05, 3.63) is 18.2 Å². The summed E-state index contributed by atoms with van der Waals surface area (Å²) in [6.07, 6.45) is -0.440. The summed E-state index contributed by atoms with van der Waals surface area (Å²) in [6, 6.07) is 5.46. The number of aliphatic imine (C=N–C) groups is 1. The molecule has 0 bridgehead atoms.